The molecule has 1 rings (SSSR count). The summed E-state index contributed by atoms with van der Waals surface area (Å²) in [6, 6.07) is 9.89. The number of benzene rings is 1. The topological polar surface area (TPSA) is 70.6 Å². The average Bonchev–Trinajstić information content (AvgIpc) is 2.48. The quantitative estimate of drug-likeness (QED) is 0.306. The molecule has 0 saturated carbocycles. The summed E-state index contributed by atoms with van der Waals surface area (Å²) in [6.45, 7) is 7.19. The maximum atomic E-state index is 8.95. The van der Waals surface area contributed by atoms with Crippen molar-refractivity contribution in [2.45, 2.75) is 45.1 Å². The van der Waals surface area contributed by atoms with Gasteiger partial charge in [-0.15, -0.1) is 0 Å². The Morgan fingerprint density at radius 1 is 1.32 bits per heavy atom. The minimum atomic E-state index is -0.108. The van der Waals surface area contributed by atoms with Crippen molar-refractivity contribution in [3.63, 3.8) is 0 Å². The highest BCUT2D eigenvalue weighted by molar-refractivity contribution is 5.87. The molecule has 106 valence electrons. The van der Waals surface area contributed by atoms with Crippen LogP contribution in [0.15, 0.2) is 35.5 Å². The molecular weight excluding hydrogens is 238 g/mol. The van der Waals surface area contributed by atoms with Crippen molar-refractivity contribution in [2.75, 3.05) is 6.54 Å². The number of nitrogens with one attached hydrogen (secondary N) is 1. The van der Waals surface area contributed by atoms with E-state index in [1.54, 1.807) is 0 Å². The molecule has 0 aromatic heterocycles. The van der Waals surface area contributed by atoms with Crippen LogP contribution in [0.1, 0.15) is 45.1 Å². The lowest BCUT2D eigenvalue weighted by atomic mass is 9.92. The number of hydrogen-bond acceptors (Lipinski definition) is 3. The predicted molar refractivity (Wildman–Crippen MR) is 79.6 cm³/mol. The molecule has 1 aromatic carbocycles. The van der Waals surface area contributed by atoms with Crippen LogP contribution >= 0.6 is 0 Å². The van der Waals surface area contributed by atoms with Crippen LogP contribution in [0.3, 0.4) is 0 Å². The second-order valence-corrected chi connectivity index (χ2v) is 5.14. The molecule has 0 aliphatic rings. The van der Waals surface area contributed by atoms with E-state index < -0.39 is 0 Å². The zero-order valence-electron chi connectivity index (χ0n) is 12.1. The van der Waals surface area contributed by atoms with Gasteiger partial charge in [0.1, 0.15) is 5.84 Å². The summed E-state index contributed by atoms with van der Waals surface area (Å²) in [4.78, 5) is 0. The lowest BCUT2D eigenvalue weighted by Crippen LogP contribution is -2.45. The fourth-order valence-electron chi connectivity index (χ4n) is 2.00. The van der Waals surface area contributed by atoms with Crippen LogP contribution in [-0.2, 0) is 0 Å². The highest BCUT2D eigenvalue weighted by Gasteiger charge is 2.23. The summed E-state index contributed by atoms with van der Waals surface area (Å²) in [5.74, 6) is 0.136. The molecule has 1 unspecified atom stereocenters. The van der Waals surface area contributed by atoms with Crippen LogP contribution < -0.4 is 11.1 Å². The third-order valence-electron chi connectivity index (χ3n) is 3.97. The standard InChI is InChI=1S/C15H25N3O/c1-4-15(3,5-2)17-11-13(14(16)18-19)12-9-7-6-8-10-12/h6-10,13,17,19H,4-5,11H2,1-3H3,(H2,16,18). The number of amidine groups is 1. The number of hydrogen-bond donors (Lipinski definition) is 3. The Balaban J connectivity index is 2.83. The van der Waals surface area contributed by atoms with Gasteiger partial charge in [-0.2, -0.15) is 0 Å². The van der Waals surface area contributed by atoms with E-state index >= 15 is 0 Å². The van der Waals surface area contributed by atoms with E-state index in [2.05, 4.69) is 31.2 Å². The highest BCUT2D eigenvalue weighted by Crippen LogP contribution is 2.19. The van der Waals surface area contributed by atoms with Crippen molar-refractivity contribution in [3.05, 3.63) is 35.9 Å². The van der Waals surface area contributed by atoms with Gasteiger partial charge in [0.2, 0.25) is 0 Å². The normalized spacial score (nSPS) is 14.4. The minimum Gasteiger partial charge on any atom is -0.409 e. The SMILES string of the molecule is CCC(C)(CC)NCC(/C(N)=N/O)c1ccccc1. The van der Waals surface area contributed by atoms with Crippen LogP contribution in [0.25, 0.3) is 0 Å². The van der Waals surface area contributed by atoms with Crippen molar-refractivity contribution < 1.29 is 5.21 Å². The first-order valence-electron chi connectivity index (χ1n) is 6.83. The number of nitrogens with two attached hydrogens (primary N) is 1. The van der Waals surface area contributed by atoms with Crippen LogP contribution in [0, 0.1) is 0 Å². The summed E-state index contributed by atoms with van der Waals surface area (Å²) in [5.41, 5.74) is 6.96. The molecule has 0 saturated heterocycles. The summed E-state index contributed by atoms with van der Waals surface area (Å²) in [5, 5.41) is 15.7. The van der Waals surface area contributed by atoms with Crippen molar-refractivity contribution in [1.82, 2.24) is 5.32 Å². The molecule has 4 N–H and O–H groups in total. The number of nitrogens with zero attached hydrogens (tertiary/aromatic N) is 1. The Kier molecular flexibility index (Phi) is 5.83. The molecule has 4 nitrogen and oxygen atoms in total. The van der Waals surface area contributed by atoms with E-state index in [0.717, 1.165) is 18.4 Å². The Morgan fingerprint density at radius 3 is 2.37 bits per heavy atom. The molecule has 0 fully saturated rings. The summed E-state index contributed by atoms with van der Waals surface area (Å²) in [6.07, 6.45) is 2.09. The molecule has 0 heterocycles. The molecule has 4 heteroatoms. The fraction of sp³-hybridized carbons (Fsp3) is 0.533. The zero-order valence-corrected chi connectivity index (χ0v) is 12.1. The molecule has 0 aliphatic heterocycles. The van der Waals surface area contributed by atoms with E-state index in [1.807, 2.05) is 30.3 Å². The van der Waals surface area contributed by atoms with E-state index in [4.69, 9.17) is 10.9 Å². The van der Waals surface area contributed by atoms with Gasteiger partial charge < -0.3 is 16.3 Å². The van der Waals surface area contributed by atoms with E-state index in [0.29, 0.717) is 6.54 Å². The number of oxime groups is 1. The lowest BCUT2D eigenvalue weighted by molar-refractivity contribution is 0.310. The van der Waals surface area contributed by atoms with Gasteiger partial charge in [-0.3, -0.25) is 0 Å². The Hall–Kier alpha value is -1.55. The first-order chi connectivity index (χ1) is 9.06. The second-order valence-electron chi connectivity index (χ2n) is 5.14. The first-order valence-corrected chi connectivity index (χ1v) is 6.83. The maximum absolute atomic E-state index is 8.95. The van der Waals surface area contributed by atoms with E-state index in [-0.39, 0.29) is 17.3 Å². The Labute approximate surface area is 115 Å². The predicted octanol–water partition coefficient (Wildman–Crippen LogP) is 2.68. The van der Waals surface area contributed by atoms with Crippen LogP contribution in [0.2, 0.25) is 0 Å². The highest BCUT2D eigenvalue weighted by atomic mass is 16.4. The molecule has 0 aliphatic carbocycles. The van der Waals surface area contributed by atoms with Gasteiger partial charge in [0.15, 0.2) is 0 Å². The van der Waals surface area contributed by atoms with E-state index in [1.165, 1.54) is 0 Å². The monoisotopic (exact) mass is 263 g/mol. The van der Waals surface area contributed by atoms with Gasteiger partial charge in [0.05, 0.1) is 5.92 Å². The molecule has 1 aromatic rings. The molecule has 0 radical (unpaired) electrons. The summed E-state index contributed by atoms with van der Waals surface area (Å²) in [7, 11) is 0. The van der Waals surface area contributed by atoms with E-state index in [9.17, 15) is 0 Å². The molecule has 0 bridgehead atoms. The summed E-state index contributed by atoms with van der Waals surface area (Å²) < 4.78 is 0. The van der Waals surface area contributed by atoms with Crippen LogP contribution in [-0.4, -0.2) is 23.1 Å². The fourth-order valence-corrected chi connectivity index (χ4v) is 2.00. The molecule has 19 heavy (non-hydrogen) atoms. The number of rotatable bonds is 7. The largest absolute Gasteiger partial charge is 0.409 e. The van der Waals surface area contributed by atoms with Crippen LogP contribution in [0.4, 0.5) is 0 Å². The molecular formula is C15H25N3O. The van der Waals surface area contributed by atoms with Gasteiger partial charge in [-0.1, -0.05) is 49.3 Å². The Bertz CT molecular complexity index is 399. The third kappa shape index (κ3) is 4.24. The average molecular weight is 263 g/mol. The van der Waals surface area contributed by atoms with Gasteiger partial charge in [0.25, 0.3) is 0 Å². The van der Waals surface area contributed by atoms with Crippen molar-refractivity contribution in [1.29, 1.82) is 0 Å². The van der Waals surface area contributed by atoms with Crippen molar-refractivity contribution in [2.24, 2.45) is 10.9 Å². The van der Waals surface area contributed by atoms with Gasteiger partial charge in [0, 0.05) is 12.1 Å². The molecule has 0 amide bonds. The van der Waals surface area contributed by atoms with Crippen molar-refractivity contribution in [3.8, 4) is 0 Å². The maximum Gasteiger partial charge on any atom is 0.147 e. The smallest absolute Gasteiger partial charge is 0.147 e. The van der Waals surface area contributed by atoms with Crippen LogP contribution in [0.5, 0.6) is 0 Å². The lowest BCUT2D eigenvalue weighted by Gasteiger charge is -2.30. The summed E-state index contributed by atoms with van der Waals surface area (Å²) >= 11 is 0. The van der Waals surface area contributed by atoms with Gasteiger partial charge >= 0.3 is 0 Å². The third-order valence-corrected chi connectivity index (χ3v) is 3.97. The van der Waals surface area contributed by atoms with Gasteiger partial charge in [-0.05, 0) is 25.3 Å². The Morgan fingerprint density at radius 2 is 1.89 bits per heavy atom. The second kappa shape index (κ2) is 7.14. The molecule has 1 atom stereocenters. The van der Waals surface area contributed by atoms with Crippen molar-refractivity contribution >= 4 is 5.84 Å². The first kappa shape index (κ1) is 15.5. The molecule has 0 spiro atoms. The minimum absolute atomic E-state index is 0.0861. The van der Waals surface area contributed by atoms with Gasteiger partial charge in [-0.25, -0.2) is 0 Å². The zero-order chi connectivity index (χ0) is 14.3.